The van der Waals surface area contributed by atoms with Crippen molar-refractivity contribution in [2.75, 3.05) is 0 Å². The molecule has 33 heavy (non-hydrogen) atoms. The fourth-order valence-corrected chi connectivity index (χ4v) is 3.51. The van der Waals surface area contributed by atoms with E-state index in [2.05, 4.69) is 126 Å². The van der Waals surface area contributed by atoms with E-state index in [1.807, 2.05) is 0 Å². The van der Waals surface area contributed by atoms with Gasteiger partial charge in [0.05, 0.1) is 0 Å². The number of benzene rings is 2. The van der Waals surface area contributed by atoms with Crippen molar-refractivity contribution in [3.05, 3.63) is 107 Å². The van der Waals surface area contributed by atoms with Crippen LogP contribution in [0.15, 0.2) is 84.9 Å². The summed E-state index contributed by atoms with van der Waals surface area (Å²) in [5, 5.41) is 0. The van der Waals surface area contributed by atoms with Crippen molar-refractivity contribution >= 4 is 5.43 Å². The molecule has 0 unspecified atom stereocenters. The summed E-state index contributed by atoms with van der Waals surface area (Å²) in [7, 11) is 0. The van der Waals surface area contributed by atoms with Crippen LogP contribution in [0.25, 0.3) is 22.3 Å². The summed E-state index contributed by atoms with van der Waals surface area (Å²) in [5.74, 6) is 0. The van der Waals surface area contributed by atoms with Crippen LogP contribution in [0.4, 0.5) is 0 Å². The second kappa shape index (κ2) is 15.4. The van der Waals surface area contributed by atoms with Gasteiger partial charge in [-0.3, -0.25) is 0 Å². The van der Waals surface area contributed by atoms with Gasteiger partial charge in [-0.25, -0.2) is 0 Å². The number of aryl methyl sites for hydroxylation is 4. The predicted octanol–water partition coefficient (Wildman–Crippen LogP) is 5.67. The van der Waals surface area contributed by atoms with Crippen LogP contribution in [0.2, 0.25) is 13.1 Å². The van der Waals surface area contributed by atoms with Crippen LogP contribution in [-0.2, 0) is 36.2 Å². The van der Waals surface area contributed by atoms with Gasteiger partial charge in [0.25, 0.3) is 0 Å². The van der Waals surface area contributed by atoms with E-state index in [1.165, 1.54) is 44.5 Å². The smallest absolute Gasteiger partial charge is 1.00 e. The van der Waals surface area contributed by atoms with E-state index in [-0.39, 0.29) is 17.8 Å². The predicted molar refractivity (Wildman–Crippen MR) is 141 cm³/mol. The summed E-state index contributed by atoms with van der Waals surface area (Å²) in [6.07, 6.45) is 2.22. The van der Waals surface area contributed by atoms with Crippen LogP contribution in [0.5, 0.6) is 0 Å². The molecule has 174 valence electrons. The zero-order valence-corrected chi connectivity index (χ0v) is 25.1. The molecule has 0 saturated heterocycles. The molecule has 0 nitrogen and oxygen atoms in total. The largest absolute Gasteiger partial charge is 1.00 e. The van der Waals surface area contributed by atoms with Crippen LogP contribution >= 0.6 is 0 Å². The van der Waals surface area contributed by atoms with Gasteiger partial charge >= 0.3 is 41.9 Å². The molecule has 0 aromatic heterocycles. The Hall–Kier alpha value is -1.47. The van der Waals surface area contributed by atoms with Gasteiger partial charge in [0.1, 0.15) is 0 Å². The van der Waals surface area contributed by atoms with Crippen molar-refractivity contribution in [3.63, 3.8) is 0 Å². The SMILES string of the molecule is CCc1ccc(-[c-]2cccc2C)cc1.CCc1ccc(-[c-]2cccc2C)cc1.C[Si](C)=[Zr].[Cl-]. The molecule has 0 radical (unpaired) electrons. The zero-order valence-electron chi connectivity index (χ0n) is 20.9. The molecular formula is C30H36ClSiZr-3. The van der Waals surface area contributed by atoms with Crippen LogP contribution in [0.3, 0.4) is 0 Å². The van der Waals surface area contributed by atoms with E-state index >= 15 is 0 Å². The van der Waals surface area contributed by atoms with Crippen molar-refractivity contribution in [3.8, 4) is 22.3 Å². The first-order valence-corrected chi connectivity index (χ1v) is 17.7. The molecule has 4 aromatic carbocycles. The van der Waals surface area contributed by atoms with Crippen molar-refractivity contribution in [2.24, 2.45) is 0 Å². The minimum atomic E-state index is 0. The van der Waals surface area contributed by atoms with E-state index in [4.69, 9.17) is 0 Å². The van der Waals surface area contributed by atoms with E-state index < -0.39 is 0 Å². The molecular weight excluding hydrogens is 515 g/mol. The summed E-state index contributed by atoms with van der Waals surface area (Å²) >= 11 is 1.74. The maximum Gasteiger partial charge on any atom is -1.00 e. The summed E-state index contributed by atoms with van der Waals surface area (Å²) in [4.78, 5) is 0. The fraction of sp³-hybridized carbons (Fsp3) is 0.267. The van der Waals surface area contributed by atoms with Crippen LogP contribution in [0, 0.1) is 13.8 Å². The van der Waals surface area contributed by atoms with E-state index in [0.29, 0.717) is 0 Å². The molecule has 0 aliphatic carbocycles. The molecule has 0 aliphatic rings. The fourth-order valence-electron chi connectivity index (χ4n) is 3.51. The van der Waals surface area contributed by atoms with Gasteiger partial charge in [-0.2, -0.15) is 12.1 Å². The zero-order chi connectivity index (χ0) is 23.5. The molecule has 0 bridgehead atoms. The van der Waals surface area contributed by atoms with Gasteiger partial charge in [-0.05, 0) is 12.8 Å². The summed E-state index contributed by atoms with van der Waals surface area (Å²) in [5.41, 5.74) is 11.1. The summed E-state index contributed by atoms with van der Waals surface area (Å²) < 4.78 is 0. The first-order chi connectivity index (χ1) is 15.3. The third-order valence-electron chi connectivity index (χ3n) is 5.41. The van der Waals surface area contributed by atoms with E-state index in [0.717, 1.165) is 12.8 Å². The quantitative estimate of drug-likeness (QED) is 0.227. The number of hydrogen-bond acceptors (Lipinski definition) is 0. The van der Waals surface area contributed by atoms with Crippen molar-refractivity contribution in [1.82, 2.24) is 0 Å². The van der Waals surface area contributed by atoms with Crippen LogP contribution < -0.4 is 12.4 Å². The van der Waals surface area contributed by atoms with E-state index in [9.17, 15) is 0 Å². The van der Waals surface area contributed by atoms with E-state index in [1.54, 1.807) is 23.3 Å². The molecule has 3 heteroatoms. The molecule has 0 aliphatic heterocycles. The van der Waals surface area contributed by atoms with Gasteiger partial charge in [0.2, 0.25) is 0 Å². The first kappa shape index (κ1) is 29.6. The van der Waals surface area contributed by atoms with Crippen molar-refractivity contribution in [2.45, 2.75) is 53.6 Å². The second-order valence-electron chi connectivity index (χ2n) is 8.35. The maximum absolute atomic E-state index is 2.31. The maximum atomic E-state index is 2.31. The molecule has 0 heterocycles. The summed E-state index contributed by atoms with van der Waals surface area (Å²) in [6, 6.07) is 30.6. The minimum absolute atomic E-state index is 0. The topological polar surface area (TPSA) is 0 Å². The van der Waals surface area contributed by atoms with Gasteiger partial charge < -0.3 is 12.4 Å². The number of hydrogen-bond donors (Lipinski definition) is 0. The molecule has 0 spiro atoms. The average Bonchev–Trinajstić information content (AvgIpc) is 3.42. The van der Waals surface area contributed by atoms with Crippen LogP contribution in [0.1, 0.15) is 36.1 Å². The Morgan fingerprint density at radius 1 is 0.636 bits per heavy atom. The second-order valence-corrected chi connectivity index (χ2v) is 17.7. The third-order valence-corrected chi connectivity index (χ3v) is 5.41. The molecule has 0 atom stereocenters. The first-order valence-electron chi connectivity index (χ1n) is 11.5. The Labute approximate surface area is 223 Å². The minimum Gasteiger partial charge on any atom is -1.00 e. The average molecular weight is 551 g/mol. The molecule has 4 aromatic rings. The van der Waals surface area contributed by atoms with Crippen LogP contribution in [-0.4, -0.2) is 5.43 Å². The molecule has 0 saturated carbocycles. The molecule has 0 N–H and O–H groups in total. The van der Waals surface area contributed by atoms with Crippen molar-refractivity contribution in [1.29, 1.82) is 0 Å². The molecule has 4 rings (SSSR count). The normalized spacial score (nSPS) is 9.61. The Kier molecular flexibility index (Phi) is 13.8. The number of halogens is 1. The summed E-state index contributed by atoms with van der Waals surface area (Å²) in [6.45, 7) is 13.3. The Morgan fingerprint density at radius 3 is 1.15 bits per heavy atom. The Morgan fingerprint density at radius 2 is 0.939 bits per heavy atom. The van der Waals surface area contributed by atoms with Gasteiger partial charge in [-0.15, -0.1) is 70.8 Å². The molecule has 0 amide bonds. The molecule has 0 fully saturated rings. The number of rotatable bonds is 4. The standard InChI is InChI=1S/2C14H15.C2H6Si.ClH.Zr/c2*1-3-12-7-9-13(10-8-12)14-6-4-5-11(14)2;1-3-2;;/h2*4-10H,3H2,1-2H3;1-2H3;1H;/q2*-1;;;/p-1. The van der Waals surface area contributed by atoms with Gasteiger partial charge in [0, 0.05) is 0 Å². The van der Waals surface area contributed by atoms with Crippen molar-refractivity contribution < 1.29 is 35.7 Å². The van der Waals surface area contributed by atoms with Gasteiger partial charge in [-0.1, -0.05) is 74.2 Å². The monoisotopic (exact) mass is 549 g/mol. The Bertz CT molecular complexity index is 997. The Balaban J connectivity index is 0.000000278. The van der Waals surface area contributed by atoms with Gasteiger partial charge in [0.15, 0.2) is 0 Å². The third kappa shape index (κ3) is 9.73.